The maximum absolute atomic E-state index is 10.8. The molecule has 0 fully saturated rings. The van der Waals surface area contributed by atoms with E-state index in [2.05, 4.69) is 5.14 Å². The van der Waals surface area contributed by atoms with Crippen LogP contribution in [0.5, 0.6) is 0 Å². The van der Waals surface area contributed by atoms with Crippen LogP contribution in [-0.2, 0) is 10.0 Å². The zero-order valence-corrected chi connectivity index (χ0v) is 4.25. The van der Waals surface area contributed by atoms with Gasteiger partial charge in [0.15, 0.2) is 0 Å². The van der Waals surface area contributed by atoms with Crippen LogP contribution in [0.3, 0.4) is 0 Å². The Morgan fingerprint density at radius 1 is 1.10 bits per heavy atom. The molecule has 0 aromatic rings. The van der Waals surface area contributed by atoms with Crippen molar-refractivity contribution in [1.29, 1.82) is 0 Å². The van der Waals surface area contributed by atoms with Gasteiger partial charge in [-0.2, -0.15) is 13.2 Å². The van der Waals surface area contributed by atoms with E-state index < -0.39 is 15.5 Å². The van der Waals surface area contributed by atoms with Crippen molar-refractivity contribution in [2.75, 3.05) is 0 Å². The molecule has 0 radical (unpaired) electrons. The molecule has 0 saturated heterocycles. The van der Waals surface area contributed by atoms with E-state index in [-0.39, 0.29) is 37.7 Å². The second-order valence-corrected chi connectivity index (χ2v) is 2.54. The first-order valence-corrected chi connectivity index (χ1v) is 2.89. The summed E-state index contributed by atoms with van der Waals surface area (Å²) in [5.41, 5.74) is -5.31. The second kappa shape index (κ2) is 4.71. The number of sulfonamides is 1. The Morgan fingerprint density at radius 3 is 1.20 bits per heavy atom. The molecule has 0 aliphatic rings. The number of hydrogen-bond acceptors (Lipinski definition) is 2. The molecule has 9 heteroatoms. The average molecular weight is 165 g/mol. The van der Waals surface area contributed by atoms with Crippen LogP contribution in [0.4, 0.5) is 13.2 Å². The van der Waals surface area contributed by atoms with Crippen LogP contribution < -0.4 is 5.14 Å². The first kappa shape index (κ1) is 17.1. The molecule has 0 aliphatic heterocycles. The SMILES string of the molecule is NS(=O)(=O)C(F)(F)F.[LiH].[LiH]. The zero-order valence-electron chi connectivity index (χ0n) is 3.44. The van der Waals surface area contributed by atoms with E-state index in [9.17, 15) is 21.6 Å². The van der Waals surface area contributed by atoms with Crippen molar-refractivity contribution in [1.82, 2.24) is 0 Å². The number of primary sulfonamides is 1. The molecule has 0 unspecified atom stereocenters. The van der Waals surface area contributed by atoms with Gasteiger partial charge >= 0.3 is 53.3 Å². The van der Waals surface area contributed by atoms with Gasteiger partial charge in [-0.05, 0) is 0 Å². The van der Waals surface area contributed by atoms with Gasteiger partial charge in [0.25, 0.3) is 0 Å². The Labute approximate surface area is 79.9 Å². The molecule has 10 heavy (non-hydrogen) atoms. The fourth-order valence-corrected chi connectivity index (χ4v) is 0. The van der Waals surface area contributed by atoms with Crippen molar-refractivity contribution in [2.45, 2.75) is 5.51 Å². The predicted octanol–water partition coefficient (Wildman–Crippen LogP) is -1.50. The average Bonchev–Trinajstić information content (AvgIpc) is 1.25. The van der Waals surface area contributed by atoms with Gasteiger partial charge in [0.05, 0.1) is 0 Å². The molecule has 54 valence electrons. The van der Waals surface area contributed by atoms with Crippen molar-refractivity contribution in [3.63, 3.8) is 0 Å². The molecule has 2 N–H and O–H groups in total. The third-order valence-corrected chi connectivity index (χ3v) is 0.968. The summed E-state index contributed by atoms with van der Waals surface area (Å²) in [7, 11) is -5.34. The molecule has 3 nitrogen and oxygen atoms in total. The third-order valence-electron chi connectivity index (χ3n) is 0.323. The predicted molar refractivity (Wildman–Crippen MR) is 33.5 cm³/mol. The summed E-state index contributed by atoms with van der Waals surface area (Å²) in [6.45, 7) is 0. The molecule has 0 aromatic carbocycles. The van der Waals surface area contributed by atoms with Crippen LogP contribution in [-0.4, -0.2) is 51.6 Å². The van der Waals surface area contributed by atoms with E-state index in [1.807, 2.05) is 0 Å². The van der Waals surface area contributed by atoms with Gasteiger partial charge in [-0.25, -0.2) is 13.6 Å². The van der Waals surface area contributed by atoms with Crippen LogP contribution in [0.15, 0.2) is 0 Å². The summed E-state index contributed by atoms with van der Waals surface area (Å²) in [5, 5.41) is 3.66. The number of hydrogen-bond donors (Lipinski definition) is 1. The van der Waals surface area contributed by atoms with Crippen molar-refractivity contribution >= 4 is 47.7 Å². The molecule has 0 spiro atoms. The van der Waals surface area contributed by atoms with Crippen LogP contribution in [0.2, 0.25) is 0 Å². The molecular weight excluding hydrogens is 161 g/mol. The normalized spacial score (nSPS) is 11.2. The number of alkyl halides is 3. The van der Waals surface area contributed by atoms with E-state index in [4.69, 9.17) is 0 Å². The molecule has 0 bridgehead atoms. The number of halogens is 3. The summed E-state index contributed by atoms with van der Waals surface area (Å²) in [6.07, 6.45) is 0. The molecule has 0 amide bonds. The third kappa shape index (κ3) is 5.66. The Balaban J connectivity index is -0.000000245. The van der Waals surface area contributed by atoms with Gasteiger partial charge < -0.3 is 0 Å². The Morgan fingerprint density at radius 2 is 1.20 bits per heavy atom. The van der Waals surface area contributed by atoms with E-state index in [0.717, 1.165) is 0 Å². The van der Waals surface area contributed by atoms with Crippen LogP contribution in [0.25, 0.3) is 0 Å². The molecular formula is CH4F3Li2NO2S. The summed E-state index contributed by atoms with van der Waals surface area (Å²) < 4.78 is 51.2. The molecule has 0 heterocycles. The van der Waals surface area contributed by atoms with E-state index in [1.165, 1.54) is 0 Å². The Hall–Kier alpha value is 0.895. The fourth-order valence-electron chi connectivity index (χ4n) is 0. The molecule has 0 aromatic heterocycles. The number of nitrogens with two attached hydrogens (primary N) is 1. The fraction of sp³-hybridized carbons (Fsp3) is 1.00. The monoisotopic (exact) mass is 165 g/mol. The standard InChI is InChI=1S/CH2F3NO2S.2Li.2H/c2-1(3,4)8(5,6)7;;;;/h(H2,5,6,7);;;;. The molecule has 0 aliphatic carbocycles. The zero-order chi connectivity index (χ0) is 7.00. The Bertz CT molecular complexity index is 173. The van der Waals surface area contributed by atoms with Gasteiger partial charge in [0.1, 0.15) is 0 Å². The van der Waals surface area contributed by atoms with Crippen molar-refractivity contribution in [3.8, 4) is 0 Å². The quantitative estimate of drug-likeness (QED) is 0.444. The van der Waals surface area contributed by atoms with Gasteiger partial charge in [-0.3, -0.25) is 0 Å². The summed E-state index contributed by atoms with van der Waals surface area (Å²) in [6, 6.07) is 0. The number of rotatable bonds is 0. The second-order valence-electron chi connectivity index (χ2n) is 0.991. The molecule has 0 rings (SSSR count). The topological polar surface area (TPSA) is 60.2 Å². The van der Waals surface area contributed by atoms with Gasteiger partial charge in [0, 0.05) is 0 Å². The van der Waals surface area contributed by atoms with E-state index >= 15 is 0 Å². The molecule has 0 saturated carbocycles. The first-order valence-electron chi connectivity index (χ1n) is 1.34. The van der Waals surface area contributed by atoms with Crippen LogP contribution in [0, 0.1) is 0 Å². The van der Waals surface area contributed by atoms with Crippen molar-refractivity contribution in [3.05, 3.63) is 0 Å². The van der Waals surface area contributed by atoms with Crippen LogP contribution >= 0.6 is 0 Å². The molecule has 0 atom stereocenters. The van der Waals surface area contributed by atoms with E-state index in [0.29, 0.717) is 0 Å². The van der Waals surface area contributed by atoms with Crippen LogP contribution in [0.1, 0.15) is 0 Å². The van der Waals surface area contributed by atoms with E-state index in [1.54, 1.807) is 0 Å². The minimum atomic E-state index is -5.34. The first-order chi connectivity index (χ1) is 3.25. The summed E-state index contributed by atoms with van der Waals surface area (Å²) in [4.78, 5) is 0. The minimum absolute atomic E-state index is 0. The summed E-state index contributed by atoms with van der Waals surface area (Å²) in [5.74, 6) is 0. The Kier molecular flexibility index (Phi) is 8.06. The van der Waals surface area contributed by atoms with Gasteiger partial charge in [-0.1, -0.05) is 0 Å². The van der Waals surface area contributed by atoms with Crippen molar-refractivity contribution in [2.24, 2.45) is 5.14 Å². The maximum atomic E-state index is 10.8. The van der Waals surface area contributed by atoms with Gasteiger partial charge in [0.2, 0.25) is 0 Å². The van der Waals surface area contributed by atoms with Gasteiger partial charge in [-0.15, -0.1) is 0 Å². The summed E-state index contributed by atoms with van der Waals surface area (Å²) >= 11 is 0. The van der Waals surface area contributed by atoms with Crippen molar-refractivity contribution < 1.29 is 21.6 Å².